The largest absolute Gasteiger partial charge is 0.395 e. The van der Waals surface area contributed by atoms with Crippen molar-refractivity contribution in [3.05, 3.63) is 51.7 Å². The molecule has 106 valence electrons. The molecule has 0 spiro atoms. The maximum atomic E-state index is 8.80. The quantitative estimate of drug-likeness (QED) is 0.882. The predicted molar refractivity (Wildman–Crippen MR) is 86.2 cm³/mol. The molecule has 3 nitrogen and oxygen atoms in total. The van der Waals surface area contributed by atoms with Crippen LogP contribution in [0.2, 0.25) is 0 Å². The SMILES string of the molecule is CN(Cc1ccc(C#CCCO)s1)c1ccc(C#N)cc1. The molecule has 1 aromatic heterocycles. The molecule has 2 rings (SSSR count). The molecule has 1 aromatic carbocycles. The van der Waals surface area contributed by atoms with Crippen molar-refractivity contribution >= 4 is 17.0 Å². The van der Waals surface area contributed by atoms with E-state index in [0.717, 1.165) is 17.1 Å². The normalized spacial score (nSPS) is 9.57. The summed E-state index contributed by atoms with van der Waals surface area (Å²) in [6.07, 6.45) is 0.512. The summed E-state index contributed by atoms with van der Waals surface area (Å²) in [5.74, 6) is 5.98. The van der Waals surface area contributed by atoms with Crippen LogP contribution in [0.25, 0.3) is 0 Å². The van der Waals surface area contributed by atoms with E-state index < -0.39 is 0 Å². The second-order valence-electron chi connectivity index (χ2n) is 4.56. The molecule has 0 aliphatic carbocycles. The van der Waals surface area contributed by atoms with Gasteiger partial charge < -0.3 is 10.0 Å². The zero-order valence-corrected chi connectivity index (χ0v) is 12.7. The third-order valence-corrected chi connectivity index (χ3v) is 3.93. The van der Waals surface area contributed by atoms with Gasteiger partial charge in [0.05, 0.1) is 29.7 Å². The Bertz CT molecular complexity index is 686. The second kappa shape index (κ2) is 7.50. The number of nitrogens with zero attached hydrogens (tertiary/aromatic N) is 2. The minimum absolute atomic E-state index is 0.104. The predicted octanol–water partition coefficient (Wildman–Crippen LogP) is 2.99. The Hall–Kier alpha value is -2.27. The molecule has 0 saturated heterocycles. The number of rotatable bonds is 4. The fraction of sp³-hybridized carbons (Fsp3) is 0.235. The van der Waals surface area contributed by atoms with Gasteiger partial charge in [-0.3, -0.25) is 0 Å². The second-order valence-corrected chi connectivity index (χ2v) is 5.72. The van der Waals surface area contributed by atoms with Crippen LogP contribution in [0.5, 0.6) is 0 Å². The van der Waals surface area contributed by atoms with Crippen molar-refractivity contribution in [3.8, 4) is 17.9 Å². The molecule has 0 aliphatic heterocycles. The molecule has 0 fully saturated rings. The van der Waals surface area contributed by atoms with Crippen LogP contribution in [0.3, 0.4) is 0 Å². The summed E-state index contributed by atoms with van der Waals surface area (Å²) < 4.78 is 0. The molecule has 1 N–H and O–H groups in total. The van der Waals surface area contributed by atoms with Crippen molar-refractivity contribution in [1.29, 1.82) is 5.26 Å². The summed E-state index contributed by atoms with van der Waals surface area (Å²) >= 11 is 1.66. The van der Waals surface area contributed by atoms with Gasteiger partial charge in [-0.2, -0.15) is 5.26 Å². The average molecular weight is 296 g/mol. The van der Waals surface area contributed by atoms with Gasteiger partial charge in [0.15, 0.2) is 0 Å². The Balaban J connectivity index is 2.01. The van der Waals surface area contributed by atoms with Crippen LogP contribution in [0.1, 0.15) is 21.7 Å². The minimum Gasteiger partial charge on any atom is -0.395 e. The molecule has 4 heteroatoms. The number of hydrogen-bond acceptors (Lipinski definition) is 4. The van der Waals surface area contributed by atoms with E-state index in [4.69, 9.17) is 10.4 Å². The van der Waals surface area contributed by atoms with Crippen molar-refractivity contribution < 1.29 is 5.11 Å². The first kappa shape index (κ1) is 15.1. The van der Waals surface area contributed by atoms with Crippen LogP contribution >= 0.6 is 11.3 Å². The standard InChI is InChI=1S/C17H16N2OS/c1-19(15-7-5-14(12-18)6-8-15)13-17-10-9-16(21-17)4-2-3-11-20/h5-10,20H,3,11,13H2,1H3. The van der Waals surface area contributed by atoms with Crippen molar-refractivity contribution in [2.24, 2.45) is 0 Å². The lowest BCUT2D eigenvalue weighted by Gasteiger charge is -2.18. The van der Waals surface area contributed by atoms with Crippen molar-refractivity contribution in [1.82, 2.24) is 0 Å². The molecular formula is C17H16N2OS. The van der Waals surface area contributed by atoms with E-state index in [-0.39, 0.29) is 6.61 Å². The summed E-state index contributed by atoms with van der Waals surface area (Å²) in [6, 6.07) is 13.8. The van der Waals surface area contributed by atoms with E-state index in [1.165, 1.54) is 4.88 Å². The minimum atomic E-state index is 0.104. The summed E-state index contributed by atoms with van der Waals surface area (Å²) in [5.41, 5.74) is 1.75. The third-order valence-electron chi connectivity index (χ3n) is 2.94. The first-order valence-corrected chi connectivity index (χ1v) is 7.44. The highest BCUT2D eigenvalue weighted by Crippen LogP contribution is 2.21. The maximum Gasteiger partial charge on any atom is 0.0991 e. The number of nitriles is 1. The first-order valence-electron chi connectivity index (χ1n) is 6.62. The topological polar surface area (TPSA) is 47.3 Å². The monoisotopic (exact) mass is 296 g/mol. The van der Waals surface area contributed by atoms with Gasteiger partial charge in [0.25, 0.3) is 0 Å². The number of anilines is 1. The van der Waals surface area contributed by atoms with Gasteiger partial charge in [0.1, 0.15) is 0 Å². The number of aliphatic hydroxyl groups excluding tert-OH is 1. The Morgan fingerprint density at radius 1 is 1.19 bits per heavy atom. The summed E-state index contributed by atoms with van der Waals surface area (Å²) in [5, 5.41) is 17.5. The van der Waals surface area contributed by atoms with E-state index >= 15 is 0 Å². The van der Waals surface area contributed by atoms with Crippen molar-refractivity contribution in [3.63, 3.8) is 0 Å². The lowest BCUT2D eigenvalue weighted by Crippen LogP contribution is -2.15. The molecule has 1 heterocycles. The van der Waals surface area contributed by atoms with Gasteiger partial charge in [-0.1, -0.05) is 11.8 Å². The number of aliphatic hydroxyl groups is 1. The highest BCUT2D eigenvalue weighted by Gasteiger charge is 2.04. The van der Waals surface area contributed by atoms with Gasteiger partial charge in [-0.25, -0.2) is 0 Å². The summed E-state index contributed by atoms with van der Waals surface area (Å²) in [6.45, 7) is 0.908. The highest BCUT2D eigenvalue weighted by atomic mass is 32.1. The van der Waals surface area contributed by atoms with Crippen LogP contribution in [0.15, 0.2) is 36.4 Å². The van der Waals surface area contributed by atoms with Crippen LogP contribution in [-0.4, -0.2) is 18.8 Å². The van der Waals surface area contributed by atoms with Crippen LogP contribution in [0.4, 0.5) is 5.69 Å². The molecule has 2 aromatic rings. The zero-order chi connectivity index (χ0) is 15.1. The van der Waals surface area contributed by atoms with E-state index in [0.29, 0.717) is 12.0 Å². The lowest BCUT2D eigenvalue weighted by molar-refractivity contribution is 0.305. The van der Waals surface area contributed by atoms with Crippen LogP contribution < -0.4 is 4.90 Å². The molecule has 0 amide bonds. The molecule has 0 saturated carbocycles. The fourth-order valence-corrected chi connectivity index (χ4v) is 2.79. The lowest BCUT2D eigenvalue weighted by atomic mass is 10.2. The van der Waals surface area contributed by atoms with Gasteiger partial charge in [-0.05, 0) is 36.4 Å². The van der Waals surface area contributed by atoms with Crippen molar-refractivity contribution in [2.75, 3.05) is 18.6 Å². The van der Waals surface area contributed by atoms with E-state index in [1.807, 2.05) is 37.4 Å². The van der Waals surface area contributed by atoms with Gasteiger partial charge in [0.2, 0.25) is 0 Å². The van der Waals surface area contributed by atoms with E-state index in [1.54, 1.807) is 11.3 Å². The van der Waals surface area contributed by atoms with Crippen molar-refractivity contribution in [2.45, 2.75) is 13.0 Å². The van der Waals surface area contributed by atoms with Gasteiger partial charge in [0, 0.05) is 24.0 Å². The molecule has 0 unspecified atom stereocenters. The molecular weight excluding hydrogens is 280 g/mol. The summed E-state index contributed by atoms with van der Waals surface area (Å²) in [4.78, 5) is 4.39. The van der Waals surface area contributed by atoms with E-state index in [2.05, 4.69) is 28.9 Å². The number of benzene rings is 1. The highest BCUT2D eigenvalue weighted by molar-refractivity contribution is 7.12. The Morgan fingerprint density at radius 2 is 1.95 bits per heavy atom. The van der Waals surface area contributed by atoms with E-state index in [9.17, 15) is 0 Å². The van der Waals surface area contributed by atoms with Gasteiger partial charge in [-0.15, -0.1) is 11.3 Å². The fourth-order valence-electron chi connectivity index (χ4n) is 1.85. The molecule has 0 aliphatic rings. The first-order chi connectivity index (χ1) is 10.2. The van der Waals surface area contributed by atoms with Crippen LogP contribution in [-0.2, 0) is 6.54 Å². The zero-order valence-electron chi connectivity index (χ0n) is 11.8. The number of thiophene rings is 1. The molecule has 0 bridgehead atoms. The Morgan fingerprint density at radius 3 is 2.62 bits per heavy atom. The molecule has 0 radical (unpaired) electrons. The average Bonchev–Trinajstić information content (AvgIpc) is 2.95. The van der Waals surface area contributed by atoms with Gasteiger partial charge >= 0.3 is 0 Å². The Kier molecular flexibility index (Phi) is 5.40. The summed E-state index contributed by atoms with van der Waals surface area (Å²) in [7, 11) is 2.03. The van der Waals surface area contributed by atoms with Crippen LogP contribution in [0, 0.1) is 23.2 Å². The maximum absolute atomic E-state index is 8.80. The smallest absolute Gasteiger partial charge is 0.0991 e. The Labute approximate surface area is 129 Å². The molecule has 21 heavy (non-hydrogen) atoms. The molecule has 0 atom stereocenters. The number of hydrogen-bond donors (Lipinski definition) is 1. The third kappa shape index (κ3) is 4.36.